The van der Waals surface area contributed by atoms with E-state index >= 15 is 0 Å². The molecule has 2 N–H and O–H groups in total. The molecular weight excluding hydrogens is 217 g/mol. The summed E-state index contributed by atoms with van der Waals surface area (Å²) in [7, 11) is 0. The lowest BCUT2D eigenvalue weighted by Gasteiger charge is -2.01. The number of benzene rings is 1. The summed E-state index contributed by atoms with van der Waals surface area (Å²) in [5.41, 5.74) is 0.0694. The summed E-state index contributed by atoms with van der Waals surface area (Å²) in [6.07, 6.45) is 3.41. The standard InChI is InChI=1S/C9H8FN3OS/c1-15-9(12-5-11)13-8-3-2-6(14)4-7(8)10/h2-4,14H,1H3,(H,12,13). The fourth-order valence-electron chi connectivity index (χ4n) is 0.868. The minimum absolute atomic E-state index is 0.0694. The number of thioether (sulfide) groups is 1. The fraction of sp³-hybridized carbons (Fsp3) is 0.111. The Morgan fingerprint density at radius 1 is 1.67 bits per heavy atom. The fourth-order valence-corrected chi connectivity index (χ4v) is 1.21. The van der Waals surface area contributed by atoms with Gasteiger partial charge in [0.15, 0.2) is 17.2 Å². The predicted molar refractivity (Wildman–Crippen MR) is 57.4 cm³/mol. The average Bonchev–Trinajstić information content (AvgIpc) is 2.21. The number of amidine groups is 1. The van der Waals surface area contributed by atoms with Gasteiger partial charge in [-0.1, -0.05) is 11.8 Å². The molecule has 0 spiro atoms. The molecule has 1 aromatic rings. The highest BCUT2D eigenvalue weighted by Crippen LogP contribution is 2.22. The van der Waals surface area contributed by atoms with Crippen molar-refractivity contribution < 1.29 is 9.50 Å². The third-order valence-corrected chi connectivity index (χ3v) is 2.09. The van der Waals surface area contributed by atoms with E-state index in [1.165, 1.54) is 23.9 Å². The van der Waals surface area contributed by atoms with Crippen LogP contribution in [0.5, 0.6) is 5.75 Å². The van der Waals surface area contributed by atoms with Crippen molar-refractivity contribution in [2.45, 2.75) is 0 Å². The molecule has 0 fully saturated rings. The number of rotatable bonds is 1. The molecule has 0 saturated carbocycles. The first kappa shape index (κ1) is 11.3. The molecule has 6 heteroatoms. The summed E-state index contributed by atoms with van der Waals surface area (Å²) in [6, 6.07) is 3.62. The normalized spacial score (nSPS) is 10.9. The summed E-state index contributed by atoms with van der Waals surface area (Å²) >= 11 is 1.19. The zero-order valence-corrected chi connectivity index (χ0v) is 8.68. The Hall–Kier alpha value is -1.74. The molecule has 0 aliphatic rings. The van der Waals surface area contributed by atoms with Crippen molar-refractivity contribution in [2.24, 2.45) is 4.99 Å². The molecule has 0 atom stereocenters. The van der Waals surface area contributed by atoms with Crippen LogP contribution in [0.4, 0.5) is 10.1 Å². The molecule has 4 nitrogen and oxygen atoms in total. The maximum absolute atomic E-state index is 13.2. The Bertz CT molecular complexity index is 428. The molecule has 0 saturated heterocycles. The number of aromatic hydroxyl groups is 1. The van der Waals surface area contributed by atoms with Gasteiger partial charge in [0.25, 0.3) is 0 Å². The minimum atomic E-state index is -0.638. The van der Waals surface area contributed by atoms with E-state index in [2.05, 4.69) is 10.3 Å². The number of nitriles is 1. The number of nitrogens with zero attached hydrogens (tertiary/aromatic N) is 2. The lowest BCUT2D eigenvalue weighted by atomic mass is 10.3. The summed E-state index contributed by atoms with van der Waals surface area (Å²) in [4.78, 5) is 3.87. The number of halogens is 1. The van der Waals surface area contributed by atoms with Crippen molar-refractivity contribution in [3.05, 3.63) is 24.0 Å². The van der Waals surface area contributed by atoms with Crippen LogP contribution in [0, 0.1) is 17.3 Å². The van der Waals surface area contributed by atoms with Gasteiger partial charge in [-0.25, -0.2) is 9.38 Å². The third kappa shape index (κ3) is 3.14. The molecule has 15 heavy (non-hydrogen) atoms. The zero-order chi connectivity index (χ0) is 11.3. The molecular formula is C9H8FN3OS. The van der Waals surface area contributed by atoms with Crippen molar-refractivity contribution in [1.29, 1.82) is 5.26 Å². The second-order valence-electron chi connectivity index (χ2n) is 2.49. The van der Waals surface area contributed by atoms with Gasteiger partial charge in [0, 0.05) is 6.07 Å². The van der Waals surface area contributed by atoms with Crippen molar-refractivity contribution in [3.63, 3.8) is 0 Å². The summed E-state index contributed by atoms with van der Waals surface area (Å²) in [6.45, 7) is 0. The second kappa shape index (κ2) is 5.22. The van der Waals surface area contributed by atoms with Gasteiger partial charge in [-0.2, -0.15) is 5.26 Å². The summed E-state index contributed by atoms with van der Waals surface area (Å²) < 4.78 is 13.2. The van der Waals surface area contributed by atoms with Crippen molar-refractivity contribution in [1.82, 2.24) is 5.32 Å². The van der Waals surface area contributed by atoms with E-state index in [1.807, 2.05) is 0 Å². The SMILES string of the molecule is CSC(=Nc1ccc(O)cc1F)NC#N. The Kier molecular flexibility index (Phi) is 3.94. The van der Waals surface area contributed by atoms with Gasteiger partial charge in [0.1, 0.15) is 11.4 Å². The molecule has 0 amide bonds. The molecule has 1 rings (SSSR count). The number of phenolic OH excluding ortho intramolecular Hbond substituents is 1. The third-order valence-electron chi connectivity index (χ3n) is 1.51. The van der Waals surface area contributed by atoms with Gasteiger partial charge in [-0.3, -0.25) is 5.32 Å². The van der Waals surface area contributed by atoms with E-state index in [-0.39, 0.29) is 11.4 Å². The number of hydrogen-bond acceptors (Lipinski definition) is 4. The van der Waals surface area contributed by atoms with Crippen molar-refractivity contribution in [2.75, 3.05) is 6.26 Å². The minimum Gasteiger partial charge on any atom is -0.508 e. The number of nitrogens with one attached hydrogen (secondary N) is 1. The van der Waals surface area contributed by atoms with Crippen molar-refractivity contribution in [3.8, 4) is 11.9 Å². The van der Waals surface area contributed by atoms with Gasteiger partial charge in [-0.05, 0) is 18.4 Å². The van der Waals surface area contributed by atoms with E-state index in [0.29, 0.717) is 5.17 Å². The molecule has 0 aromatic heterocycles. The van der Waals surface area contributed by atoms with E-state index < -0.39 is 5.82 Å². The van der Waals surface area contributed by atoms with Crippen LogP contribution in [0.2, 0.25) is 0 Å². The Morgan fingerprint density at radius 2 is 2.40 bits per heavy atom. The van der Waals surface area contributed by atoms with Crippen LogP contribution in [0.1, 0.15) is 0 Å². The van der Waals surface area contributed by atoms with Gasteiger partial charge < -0.3 is 5.11 Å². The molecule has 78 valence electrons. The number of aliphatic imine (C=N–C) groups is 1. The number of hydrogen-bond donors (Lipinski definition) is 2. The molecule has 0 heterocycles. The molecule has 0 aliphatic carbocycles. The van der Waals surface area contributed by atoms with Crippen LogP contribution in [-0.4, -0.2) is 16.5 Å². The predicted octanol–water partition coefficient (Wildman–Crippen LogP) is 1.95. The Balaban J connectivity index is 3.01. The summed E-state index contributed by atoms with van der Waals surface area (Å²) in [5.74, 6) is -0.799. The quantitative estimate of drug-likeness (QED) is 0.332. The molecule has 0 bridgehead atoms. The maximum atomic E-state index is 13.2. The molecule has 1 aromatic carbocycles. The van der Waals surface area contributed by atoms with Gasteiger partial charge >= 0.3 is 0 Å². The first-order valence-corrected chi connectivity index (χ1v) is 5.16. The highest BCUT2D eigenvalue weighted by molar-refractivity contribution is 8.13. The first-order chi connectivity index (χ1) is 7.17. The van der Waals surface area contributed by atoms with Crippen LogP contribution in [0.3, 0.4) is 0 Å². The topological polar surface area (TPSA) is 68.4 Å². The van der Waals surface area contributed by atoms with Crippen LogP contribution >= 0.6 is 11.8 Å². The zero-order valence-electron chi connectivity index (χ0n) is 7.86. The molecule has 0 radical (unpaired) electrons. The largest absolute Gasteiger partial charge is 0.508 e. The monoisotopic (exact) mass is 225 g/mol. The molecule has 0 unspecified atom stereocenters. The van der Waals surface area contributed by atoms with Gasteiger partial charge in [0.05, 0.1) is 0 Å². The lowest BCUT2D eigenvalue weighted by molar-refractivity contribution is 0.469. The Labute approximate surface area is 90.4 Å². The lowest BCUT2D eigenvalue weighted by Crippen LogP contribution is -2.12. The van der Waals surface area contributed by atoms with Crippen molar-refractivity contribution >= 4 is 22.6 Å². The number of phenols is 1. The Morgan fingerprint density at radius 3 is 2.93 bits per heavy atom. The van der Waals surface area contributed by atoms with E-state index in [0.717, 1.165) is 6.07 Å². The van der Waals surface area contributed by atoms with Crippen LogP contribution < -0.4 is 5.32 Å². The van der Waals surface area contributed by atoms with Crippen LogP contribution in [-0.2, 0) is 0 Å². The molecule has 0 aliphatic heterocycles. The van der Waals surface area contributed by atoms with Gasteiger partial charge in [0.2, 0.25) is 0 Å². The highest BCUT2D eigenvalue weighted by atomic mass is 32.2. The average molecular weight is 225 g/mol. The maximum Gasteiger partial charge on any atom is 0.183 e. The van der Waals surface area contributed by atoms with E-state index in [9.17, 15) is 4.39 Å². The van der Waals surface area contributed by atoms with Gasteiger partial charge in [-0.15, -0.1) is 0 Å². The van der Waals surface area contributed by atoms with E-state index in [4.69, 9.17) is 10.4 Å². The van der Waals surface area contributed by atoms with Crippen LogP contribution in [0.25, 0.3) is 0 Å². The second-order valence-corrected chi connectivity index (χ2v) is 3.29. The highest BCUT2D eigenvalue weighted by Gasteiger charge is 2.03. The first-order valence-electron chi connectivity index (χ1n) is 3.93. The smallest absolute Gasteiger partial charge is 0.183 e. The summed E-state index contributed by atoms with van der Waals surface area (Å²) in [5, 5.41) is 19.9. The van der Waals surface area contributed by atoms with E-state index in [1.54, 1.807) is 12.4 Å². The van der Waals surface area contributed by atoms with Crippen LogP contribution in [0.15, 0.2) is 23.2 Å².